The summed E-state index contributed by atoms with van der Waals surface area (Å²) in [5.74, 6) is 1.35. The molecule has 0 saturated carbocycles. The van der Waals surface area contributed by atoms with Gasteiger partial charge in [-0.2, -0.15) is 4.98 Å². The highest BCUT2D eigenvalue weighted by Gasteiger charge is 2.09. The monoisotopic (exact) mass is 301 g/mol. The van der Waals surface area contributed by atoms with Crippen LogP contribution in [0.25, 0.3) is 10.7 Å². The first-order valence-corrected chi connectivity index (χ1v) is 6.69. The second-order valence-electron chi connectivity index (χ2n) is 3.22. The average molecular weight is 302 g/mol. The van der Waals surface area contributed by atoms with E-state index in [1.165, 1.54) is 0 Å². The Bertz CT molecular complexity index is 454. The molecule has 86 valence electrons. The lowest BCUT2D eigenvalue weighted by molar-refractivity contribution is 0.377. The zero-order valence-electron chi connectivity index (χ0n) is 8.86. The molecule has 0 bridgehead atoms. The van der Waals surface area contributed by atoms with Gasteiger partial charge in [0, 0.05) is 13.0 Å². The summed E-state index contributed by atoms with van der Waals surface area (Å²) >= 11 is 5.01. The summed E-state index contributed by atoms with van der Waals surface area (Å²) in [7, 11) is 0. The minimum atomic E-state index is 0.669. The molecule has 0 amide bonds. The van der Waals surface area contributed by atoms with Crippen LogP contribution < -0.4 is 5.32 Å². The van der Waals surface area contributed by atoms with Gasteiger partial charge in [-0.3, -0.25) is 0 Å². The van der Waals surface area contributed by atoms with E-state index in [0.717, 1.165) is 28.2 Å². The molecule has 1 N–H and O–H groups in total. The number of rotatable bonds is 5. The highest BCUT2D eigenvalue weighted by Crippen LogP contribution is 2.29. The van der Waals surface area contributed by atoms with Gasteiger partial charge in [0.05, 0.1) is 8.66 Å². The van der Waals surface area contributed by atoms with Gasteiger partial charge >= 0.3 is 0 Å². The van der Waals surface area contributed by atoms with E-state index in [1.807, 2.05) is 12.1 Å². The molecule has 16 heavy (non-hydrogen) atoms. The molecule has 2 rings (SSSR count). The van der Waals surface area contributed by atoms with Crippen LogP contribution in [0.15, 0.2) is 20.4 Å². The Morgan fingerprint density at radius 1 is 1.50 bits per heavy atom. The van der Waals surface area contributed by atoms with Crippen molar-refractivity contribution in [2.45, 2.75) is 13.3 Å². The minimum Gasteiger partial charge on any atom is -0.339 e. The molecule has 2 heterocycles. The summed E-state index contributed by atoms with van der Waals surface area (Å²) in [6.45, 7) is 3.90. The van der Waals surface area contributed by atoms with Crippen molar-refractivity contribution in [3.63, 3.8) is 0 Å². The zero-order chi connectivity index (χ0) is 11.4. The van der Waals surface area contributed by atoms with Gasteiger partial charge in [-0.1, -0.05) is 12.1 Å². The van der Waals surface area contributed by atoms with Gasteiger partial charge in [0.25, 0.3) is 0 Å². The predicted octanol–water partition coefficient (Wildman–Crippen LogP) is 2.71. The van der Waals surface area contributed by atoms with Crippen LogP contribution in [0.3, 0.4) is 0 Å². The lowest BCUT2D eigenvalue weighted by atomic mass is 10.4. The predicted molar refractivity (Wildman–Crippen MR) is 67.6 cm³/mol. The Morgan fingerprint density at radius 3 is 3.06 bits per heavy atom. The summed E-state index contributed by atoms with van der Waals surface area (Å²) in [5, 5.41) is 7.17. The Balaban J connectivity index is 2.02. The van der Waals surface area contributed by atoms with E-state index in [9.17, 15) is 0 Å². The molecule has 6 heteroatoms. The van der Waals surface area contributed by atoms with Crippen molar-refractivity contribution in [3.05, 3.63) is 21.8 Å². The molecule has 0 aromatic carbocycles. The van der Waals surface area contributed by atoms with Gasteiger partial charge < -0.3 is 9.84 Å². The molecule has 0 aliphatic carbocycles. The number of halogens is 1. The van der Waals surface area contributed by atoms with Crippen molar-refractivity contribution in [2.75, 3.05) is 13.1 Å². The van der Waals surface area contributed by atoms with Gasteiger partial charge in [0.2, 0.25) is 11.7 Å². The van der Waals surface area contributed by atoms with Crippen LogP contribution in [-0.2, 0) is 6.42 Å². The molecule has 2 aromatic heterocycles. The number of nitrogens with one attached hydrogen (secondary N) is 1. The van der Waals surface area contributed by atoms with Gasteiger partial charge in [0.15, 0.2) is 0 Å². The molecule has 4 nitrogen and oxygen atoms in total. The third-order valence-electron chi connectivity index (χ3n) is 2.03. The van der Waals surface area contributed by atoms with Gasteiger partial charge in [-0.25, -0.2) is 0 Å². The van der Waals surface area contributed by atoms with E-state index < -0.39 is 0 Å². The highest BCUT2D eigenvalue weighted by molar-refractivity contribution is 9.11. The van der Waals surface area contributed by atoms with Crippen LogP contribution in [0.4, 0.5) is 0 Å². The Morgan fingerprint density at radius 2 is 2.38 bits per heavy atom. The standard InChI is InChI=1S/C10H12BrN3OS/c1-2-12-6-5-9-13-10(14-15-9)7-3-4-8(11)16-7/h3-4,12H,2,5-6H2,1H3. The third kappa shape index (κ3) is 2.90. The number of likely N-dealkylation sites (N-methyl/N-ethyl adjacent to an activating group) is 1. The van der Waals surface area contributed by atoms with Gasteiger partial charge in [-0.15, -0.1) is 11.3 Å². The lowest BCUT2D eigenvalue weighted by Gasteiger charge is -1.94. The van der Waals surface area contributed by atoms with Crippen LogP contribution in [0.1, 0.15) is 12.8 Å². The molecular weight excluding hydrogens is 290 g/mol. The number of aromatic nitrogens is 2. The van der Waals surface area contributed by atoms with Crippen LogP contribution in [-0.4, -0.2) is 23.2 Å². The fraction of sp³-hybridized carbons (Fsp3) is 0.400. The summed E-state index contributed by atoms with van der Waals surface area (Å²) in [5.41, 5.74) is 0. The molecule has 2 aromatic rings. The summed E-state index contributed by atoms with van der Waals surface area (Å²) in [6.07, 6.45) is 0.771. The Kier molecular flexibility index (Phi) is 4.09. The number of thiophene rings is 1. The van der Waals surface area contributed by atoms with Crippen molar-refractivity contribution in [3.8, 4) is 10.7 Å². The second kappa shape index (κ2) is 5.56. The quantitative estimate of drug-likeness (QED) is 0.863. The SMILES string of the molecule is CCNCCc1nc(-c2ccc(Br)s2)no1. The van der Waals surface area contributed by atoms with Gasteiger partial charge in [0.1, 0.15) is 0 Å². The Hall–Kier alpha value is -0.720. The first kappa shape index (κ1) is 11.8. The molecule has 0 unspecified atom stereocenters. The summed E-state index contributed by atoms with van der Waals surface area (Å²) < 4.78 is 6.24. The topological polar surface area (TPSA) is 51.0 Å². The van der Waals surface area contributed by atoms with Crippen molar-refractivity contribution < 1.29 is 4.52 Å². The van der Waals surface area contributed by atoms with Crippen molar-refractivity contribution in [2.24, 2.45) is 0 Å². The molecular formula is C10H12BrN3OS. The molecule has 0 radical (unpaired) electrons. The fourth-order valence-electron chi connectivity index (χ4n) is 1.26. The Labute approximate surface area is 106 Å². The largest absolute Gasteiger partial charge is 0.339 e. The molecule has 0 fully saturated rings. The van der Waals surface area contributed by atoms with Crippen LogP contribution in [0.2, 0.25) is 0 Å². The average Bonchev–Trinajstić information content (AvgIpc) is 2.87. The number of hydrogen-bond donors (Lipinski definition) is 1. The van der Waals surface area contributed by atoms with E-state index in [1.54, 1.807) is 11.3 Å². The minimum absolute atomic E-state index is 0.669. The third-order valence-corrected chi connectivity index (χ3v) is 3.65. The smallest absolute Gasteiger partial charge is 0.228 e. The van der Waals surface area contributed by atoms with Crippen LogP contribution >= 0.6 is 27.3 Å². The van der Waals surface area contributed by atoms with E-state index >= 15 is 0 Å². The van der Waals surface area contributed by atoms with E-state index in [-0.39, 0.29) is 0 Å². The maximum absolute atomic E-state index is 5.17. The maximum Gasteiger partial charge on any atom is 0.228 e. The molecule has 0 atom stereocenters. The van der Waals surface area contributed by atoms with Gasteiger partial charge in [-0.05, 0) is 34.6 Å². The highest BCUT2D eigenvalue weighted by atomic mass is 79.9. The number of nitrogens with zero attached hydrogens (tertiary/aromatic N) is 2. The second-order valence-corrected chi connectivity index (χ2v) is 5.68. The lowest BCUT2D eigenvalue weighted by Crippen LogP contribution is -2.16. The molecule has 0 spiro atoms. The summed E-state index contributed by atoms with van der Waals surface area (Å²) in [6, 6.07) is 3.96. The van der Waals surface area contributed by atoms with E-state index in [2.05, 4.69) is 38.3 Å². The van der Waals surface area contributed by atoms with E-state index in [0.29, 0.717) is 11.7 Å². The molecule has 0 saturated heterocycles. The van der Waals surface area contributed by atoms with Crippen LogP contribution in [0, 0.1) is 0 Å². The molecule has 0 aliphatic rings. The number of hydrogen-bond acceptors (Lipinski definition) is 5. The van der Waals surface area contributed by atoms with Crippen molar-refractivity contribution in [1.29, 1.82) is 0 Å². The first-order chi connectivity index (χ1) is 7.79. The first-order valence-electron chi connectivity index (χ1n) is 5.08. The van der Waals surface area contributed by atoms with E-state index in [4.69, 9.17) is 4.52 Å². The van der Waals surface area contributed by atoms with Crippen molar-refractivity contribution in [1.82, 2.24) is 15.5 Å². The fourth-order valence-corrected chi connectivity index (χ4v) is 2.57. The normalized spacial score (nSPS) is 10.9. The van der Waals surface area contributed by atoms with Crippen molar-refractivity contribution >= 4 is 27.3 Å². The zero-order valence-corrected chi connectivity index (χ0v) is 11.3. The maximum atomic E-state index is 5.17. The molecule has 0 aliphatic heterocycles. The van der Waals surface area contributed by atoms with Crippen LogP contribution in [0.5, 0.6) is 0 Å². The summed E-state index contributed by atoms with van der Waals surface area (Å²) in [4.78, 5) is 5.36.